The van der Waals surface area contributed by atoms with E-state index in [0.29, 0.717) is 11.5 Å². The largest absolute Gasteiger partial charge is 0.493 e. The number of carbonyl (C=O) groups excluding carboxylic acids is 2. The Morgan fingerprint density at radius 2 is 1.82 bits per heavy atom. The van der Waals surface area contributed by atoms with Gasteiger partial charge in [-0.15, -0.1) is 0 Å². The predicted molar refractivity (Wildman–Crippen MR) is 84.7 cm³/mol. The molecule has 0 aromatic heterocycles. The van der Waals surface area contributed by atoms with E-state index in [1.807, 2.05) is 0 Å². The Bertz CT molecular complexity index is 507. The van der Waals surface area contributed by atoms with Gasteiger partial charge in [0.15, 0.2) is 0 Å². The number of rotatable bonds is 6. The van der Waals surface area contributed by atoms with E-state index in [-0.39, 0.29) is 12.5 Å². The highest BCUT2D eigenvalue weighted by Gasteiger charge is 2.15. The summed E-state index contributed by atoms with van der Waals surface area (Å²) in [6.07, 6.45) is 6.43. The molecule has 0 aliphatic heterocycles. The van der Waals surface area contributed by atoms with Gasteiger partial charge in [-0.25, -0.2) is 0 Å². The molecule has 1 aromatic rings. The Labute approximate surface area is 131 Å². The smallest absolute Gasteiger partial charge is 0.254 e. The van der Waals surface area contributed by atoms with Crippen LogP contribution in [0.15, 0.2) is 24.3 Å². The van der Waals surface area contributed by atoms with Gasteiger partial charge in [0.25, 0.3) is 5.91 Å². The second-order valence-corrected chi connectivity index (χ2v) is 5.97. The molecule has 2 rings (SSSR count). The molecule has 1 aliphatic rings. The average Bonchev–Trinajstić information content (AvgIpc) is 2.53. The van der Waals surface area contributed by atoms with E-state index in [0.717, 1.165) is 12.4 Å². The third kappa shape index (κ3) is 4.76. The summed E-state index contributed by atoms with van der Waals surface area (Å²) in [4.78, 5) is 24.2. The Morgan fingerprint density at radius 3 is 2.41 bits per heavy atom. The molecule has 1 saturated carbocycles. The molecule has 0 spiro atoms. The van der Waals surface area contributed by atoms with Crippen molar-refractivity contribution in [2.24, 2.45) is 11.7 Å². The fraction of sp³-hybridized carbons (Fsp3) is 0.529. The molecule has 5 nitrogen and oxygen atoms in total. The Hall–Kier alpha value is -2.04. The molecule has 1 aromatic carbocycles. The number of benzene rings is 1. The first-order valence-corrected chi connectivity index (χ1v) is 7.83. The Kier molecular flexibility index (Phi) is 5.81. The van der Waals surface area contributed by atoms with Crippen molar-refractivity contribution in [3.05, 3.63) is 29.8 Å². The third-order valence-electron chi connectivity index (χ3n) is 4.05. The van der Waals surface area contributed by atoms with Gasteiger partial charge in [0.1, 0.15) is 5.75 Å². The van der Waals surface area contributed by atoms with Crippen molar-refractivity contribution >= 4 is 11.8 Å². The van der Waals surface area contributed by atoms with Crippen molar-refractivity contribution < 1.29 is 14.3 Å². The fourth-order valence-corrected chi connectivity index (χ4v) is 2.79. The van der Waals surface area contributed by atoms with E-state index < -0.39 is 5.91 Å². The van der Waals surface area contributed by atoms with Crippen molar-refractivity contribution in [1.82, 2.24) is 4.90 Å². The molecule has 2 N–H and O–H groups in total. The van der Waals surface area contributed by atoms with Crippen LogP contribution in [0.2, 0.25) is 0 Å². The molecular weight excluding hydrogens is 280 g/mol. The van der Waals surface area contributed by atoms with Gasteiger partial charge in [-0.3, -0.25) is 9.59 Å². The van der Waals surface area contributed by atoms with Crippen LogP contribution in [0.5, 0.6) is 5.75 Å². The summed E-state index contributed by atoms with van der Waals surface area (Å²) in [5, 5.41) is 0. The van der Waals surface area contributed by atoms with Crippen LogP contribution in [0.3, 0.4) is 0 Å². The van der Waals surface area contributed by atoms with E-state index in [2.05, 4.69) is 0 Å². The lowest BCUT2D eigenvalue weighted by molar-refractivity contribution is -0.118. The van der Waals surface area contributed by atoms with E-state index in [1.54, 1.807) is 31.3 Å². The molecule has 0 saturated heterocycles. The first-order chi connectivity index (χ1) is 10.6. The second-order valence-electron chi connectivity index (χ2n) is 5.97. The maximum atomic E-state index is 12.1. The van der Waals surface area contributed by atoms with Crippen LogP contribution in [0.4, 0.5) is 0 Å². The maximum Gasteiger partial charge on any atom is 0.254 e. The summed E-state index contributed by atoms with van der Waals surface area (Å²) in [7, 11) is 1.56. The lowest BCUT2D eigenvalue weighted by Gasteiger charge is -2.21. The van der Waals surface area contributed by atoms with Crippen LogP contribution < -0.4 is 10.5 Å². The van der Waals surface area contributed by atoms with Gasteiger partial charge in [-0.05, 0) is 43.0 Å². The number of nitrogens with zero attached hydrogens (tertiary/aromatic N) is 1. The highest BCUT2D eigenvalue weighted by atomic mass is 16.5. The Balaban J connectivity index is 1.86. The minimum absolute atomic E-state index is 0.0846. The van der Waals surface area contributed by atoms with Gasteiger partial charge in [0, 0.05) is 12.6 Å². The third-order valence-corrected chi connectivity index (χ3v) is 4.05. The topological polar surface area (TPSA) is 72.6 Å². The molecule has 2 amide bonds. The number of carbonyl (C=O) groups is 2. The number of primary amides is 1. The predicted octanol–water partition coefficient (Wildman–Crippen LogP) is 2.20. The molecule has 0 radical (unpaired) electrons. The van der Waals surface area contributed by atoms with Crippen molar-refractivity contribution in [2.45, 2.75) is 32.1 Å². The molecule has 120 valence electrons. The number of hydrogen-bond donors (Lipinski definition) is 1. The zero-order valence-electron chi connectivity index (χ0n) is 13.1. The summed E-state index contributed by atoms with van der Waals surface area (Å²) < 4.78 is 5.81. The van der Waals surface area contributed by atoms with Crippen molar-refractivity contribution in [3.63, 3.8) is 0 Å². The maximum absolute atomic E-state index is 12.1. The zero-order chi connectivity index (χ0) is 15.9. The van der Waals surface area contributed by atoms with Crippen molar-refractivity contribution in [2.75, 3.05) is 20.2 Å². The quantitative estimate of drug-likeness (QED) is 0.875. The number of ether oxygens (including phenoxy) is 1. The second kappa shape index (κ2) is 7.82. The van der Waals surface area contributed by atoms with Crippen LogP contribution in [-0.4, -0.2) is 36.9 Å². The number of likely N-dealkylation sites (N-methyl/N-ethyl adjacent to an activating group) is 1. The molecule has 1 fully saturated rings. The SMILES string of the molecule is CN(CC(N)=O)C(=O)c1ccc(OCC2CCCCC2)cc1. The highest BCUT2D eigenvalue weighted by molar-refractivity contribution is 5.96. The normalized spacial score (nSPS) is 15.3. The summed E-state index contributed by atoms with van der Waals surface area (Å²) in [5.41, 5.74) is 5.61. The Morgan fingerprint density at radius 1 is 1.18 bits per heavy atom. The highest BCUT2D eigenvalue weighted by Crippen LogP contribution is 2.24. The zero-order valence-corrected chi connectivity index (χ0v) is 13.1. The summed E-state index contributed by atoms with van der Waals surface area (Å²) in [5.74, 6) is 0.678. The van der Waals surface area contributed by atoms with Crippen molar-refractivity contribution in [3.8, 4) is 5.75 Å². The number of hydrogen-bond acceptors (Lipinski definition) is 3. The van der Waals surface area contributed by atoms with Gasteiger partial charge in [-0.2, -0.15) is 0 Å². The van der Waals surface area contributed by atoms with Gasteiger partial charge in [0.2, 0.25) is 5.91 Å². The van der Waals surface area contributed by atoms with Gasteiger partial charge < -0.3 is 15.4 Å². The van der Waals surface area contributed by atoms with E-state index >= 15 is 0 Å². The lowest BCUT2D eigenvalue weighted by Crippen LogP contribution is -2.35. The standard InChI is InChI=1S/C17H24N2O3/c1-19(11-16(18)20)17(21)14-7-9-15(10-8-14)22-12-13-5-3-2-4-6-13/h7-10,13H,2-6,11-12H2,1H3,(H2,18,20). The fourth-order valence-electron chi connectivity index (χ4n) is 2.79. The van der Waals surface area contributed by atoms with Gasteiger partial charge in [0.05, 0.1) is 13.2 Å². The minimum Gasteiger partial charge on any atom is -0.493 e. The van der Waals surface area contributed by atoms with Crippen LogP contribution in [0.25, 0.3) is 0 Å². The molecule has 22 heavy (non-hydrogen) atoms. The monoisotopic (exact) mass is 304 g/mol. The van der Waals surface area contributed by atoms with Gasteiger partial charge in [-0.1, -0.05) is 19.3 Å². The summed E-state index contributed by atoms with van der Waals surface area (Å²) in [6, 6.07) is 7.04. The van der Waals surface area contributed by atoms with Crippen LogP contribution in [0, 0.1) is 5.92 Å². The van der Waals surface area contributed by atoms with E-state index in [1.165, 1.54) is 37.0 Å². The molecule has 0 heterocycles. The van der Waals surface area contributed by atoms with Crippen LogP contribution in [0.1, 0.15) is 42.5 Å². The average molecular weight is 304 g/mol. The molecule has 0 unspecified atom stereocenters. The number of nitrogens with two attached hydrogens (primary N) is 1. The molecule has 1 aliphatic carbocycles. The first kappa shape index (κ1) is 16.3. The summed E-state index contributed by atoms with van der Waals surface area (Å²) in [6.45, 7) is 0.660. The molecule has 5 heteroatoms. The summed E-state index contributed by atoms with van der Waals surface area (Å²) >= 11 is 0. The van der Waals surface area contributed by atoms with Gasteiger partial charge >= 0.3 is 0 Å². The van der Waals surface area contributed by atoms with E-state index in [9.17, 15) is 9.59 Å². The lowest BCUT2D eigenvalue weighted by atomic mass is 9.90. The van der Waals surface area contributed by atoms with Crippen LogP contribution >= 0.6 is 0 Å². The van der Waals surface area contributed by atoms with E-state index in [4.69, 9.17) is 10.5 Å². The van der Waals surface area contributed by atoms with Crippen molar-refractivity contribution in [1.29, 1.82) is 0 Å². The molecule has 0 atom stereocenters. The minimum atomic E-state index is -0.525. The molecule has 0 bridgehead atoms. The number of amides is 2. The molecular formula is C17H24N2O3. The van der Waals surface area contributed by atoms with Crippen LogP contribution in [-0.2, 0) is 4.79 Å². The first-order valence-electron chi connectivity index (χ1n) is 7.83.